The van der Waals surface area contributed by atoms with Crippen molar-refractivity contribution in [3.63, 3.8) is 0 Å². The number of nitrogens with one attached hydrogen (secondary N) is 1. The van der Waals surface area contributed by atoms with Crippen LogP contribution in [0, 0.1) is 0 Å². The van der Waals surface area contributed by atoms with Crippen molar-refractivity contribution >= 4 is 11.7 Å². The first-order valence-corrected chi connectivity index (χ1v) is 6.34. The summed E-state index contributed by atoms with van der Waals surface area (Å²) in [5.74, 6) is -0.994. The summed E-state index contributed by atoms with van der Waals surface area (Å²) >= 11 is 0. The number of carboxylic acids is 1. The minimum Gasteiger partial charge on any atom is -0.476 e. The van der Waals surface area contributed by atoms with Crippen molar-refractivity contribution in [3.8, 4) is 0 Å². The van der Waals surface area contributed by atoms with E-state index in [-0.39, 0.29) is 11.7 Å². The average molecular weight is 249 g/mol. The minimum absolute atomic E-state index is 0.0887. The Bertz CT molecular complexity index is 416. The summed E-state index contributed by atoms with van der Waals surface area (Å²) in [7, 11) is 0. The van der Waals surface area contributed by atoms with Gasteiger partial charge in [-0.25, -0.2) is 9.78 Å². The summed E-state index contributed by atoms with van der Waals surface area (Å²) in [6.45, 7) is 5.29. The molecule has 0 bridgehead atoms. The highest BCUT2D eigenvalue weighted by Gasteiger charge is 2.17. The van der Waals surface area contributed by atoms with Gasteiger partial charge in [-0.05, 0) is 45.0 Å². The SMILES string of the molecule is CC(CN1CCCC1)Nc1cccnc1C(=O)O. The Morgan fingerprint density at radius 3 is 2.94 bits per heavy atom. The molecule has 1 aliphatic rings. The van der Waals surface area contributed by atoms with Gasteiger partial charge in [0.1, 0.15) is 0 Å². The number of pyridine rings is 1. The average Bonchev–Trinajstić information content (AvgIpc) is 2.82. The zero-order chi connectivity index (χ0) is 13.0. The molecule has 1 fully saturated rings. The largest absolute Gasteiger partial charge is 0.476 e. The number of hydrogen-bond acceptors (Lipinski definition) is 4. The van der Waals surface area contributed by atoms with Gasteiger partial charge in [-0.15, -0.1) is 0 Å². The summed E-state index contributed by atoms with van der Waals surface area (Å²) in [5, 5.41) is 12.3. The Morgan fingerprint density at radius 2 is 2.28 bits per heavy atom. The Morgan fingerprint density at radius 1 is 1.56 bits per heavy atom. The molecule has 18 heavy (non-hydrogen) atoms. The molecule has 0 radical (unpaired) electrons. The lowest BCUT2D eigenvalue weighted by atomic mass is 10.2. The van der Waals surface area contributed by atoms with Crippen LogP contribution in [0.25, 0.3) is 0 Å². The van der Waals surface area contributed by atoms with Crippen LogP contribution in [-0.4, -0.2) is 46.6 Å². The molecule has 0 amide bonds. The normalized spacial score (nSPS) is 17.6. The molecule has 0 aliphatic carbocycles. The number of aromatic nitrogens is 1. The molecule has 1 unspecified atom stereocenters. The van der Waals surface area contributed by atoms with Crippen LogP contribution in [-0.2, 0) is 0 Å². The molecule has 0 aromatic carbocycles. The van der Waals surface area contributed by atoms with Gasteiger partial charge in [0.05, 0.1) is 5.69 Å². The maximum absolute atomic E-state index is 11.0. The fourth-order valence-corrected chi connectivity index (χ4v) is 2.36. The van der Waals surface area contributed by atoms with Crippen LogP contribution < -0.4 is 5.32 Å². The van der Waals surface area contributed by atoms with Crippen LogP contribution in [0.5, 0.6) is 0 Å². The monoisotopic (exact) mass is 249 g/mol. The minimum atomic E-state index is -0.994. The van der Waals surface area contributed by atoms with Gasteiger partial charge in [0, 0.05) is 18.8 Å². The molecule has 2 N–H and O–H groups in total. The van der Waals surface area contributed by atoms with Crippen LogP contribution in [0.3, 0.4) is 0 Å². The first-order chi connectivity index (χ1) is 8.66. The molecule has 1 atom stereocenters. The lowest BCUT2D eigenvalue weighted by molar-refractivity contribution is 0.0691. The molecule has 98 valence electrons. The van der Waals surface area contributed by atoms with Crippen molar-refractivity contribution < 1.29 is 9.90 Å². The Kier molecular flexibility index (Phi) is 4.15. The van der Waals surface area contributed by atoms with E-state index < -0.39 is 5.97 Å². The first-order valence-electron chi connectivity index (χ1n) is 6.34. The lowest BCUT2D eigenvalue weighted by Crippen LogP contribution is -2.33. The van der Waals surface area contributed by atoms with Gasteiger partial charge in [-0.1, -0.05) is 0 Å². The summed E-state index contributed by atoms with van der Waals surface area (Å²) in [4.78, 5) is 17.3. The standard InChI is InChI=1S/C13H19N3O2/c1-10(9-16-7-2-3-8-16)15-11-5-4-6-14-12(11)13(17)18/h4-6,10,15H,2-3,7-9H2,1H3,(H,17,18). The summed E-state index contributed by atoms with van der Waals surface area (Å²) in [6.07, 6.45) is 4.03. The van der Waals surface area contributed by atoms with Gasteiger partial charge in [-0.3, -0.25) is 0 Å². The van der Waals surface area contributed by atoms with E-state index in [1.54, 1.807) is 12.1 Å². The van der Waals surface area contributed by atoms with Gasteiger partial charge in [0.2, 0.25) is 0 Å². The lowest BCUT2D eigenvalue weighted by Gasteiger charge is -2.22. The molecule has 1 aromatic rings. The van der Waals surface area contributed by atoms with Crippen molar-refractivity contribution in [2.45, 2.75) is 25.8 Å². The smallest absolute Gasteiger partial charge is 0.356 e. The summed E-state index contributed by atoms with van der Waals surface area (Å²) in [6, 6.07) is 3.72. The number of carbonyl (C=O) groups is 1. The molecule has 2 heterocycles. The van der Waals surface area contributed by atoms with Gasteiger partial charge < -0.3 is 15.3 Å². The fraction of sp³-hybridized carbons (Fsp3) is 0.538. The van der Waals surface area contributed by atoms with E-state index in [0.29, 0.717) is 5.69 Å². The molecule has 1 saturated heterocycles. The molecule has 1 aromatic heterocycles. The number of carboxylic acid groups (broad SMARTS) is 1. The van der Waals surface area contributed by atoms with E-state index in [1.807, 2.05) is 0 Å². The molecule has 5 nitrogen and oxygen atoms in total. The first kappa shape index (κ1) is 12.8. The fourth-order valence-electron chi connectivity index (χ4n) is 2.36. The second-order valence-electron chi connectivity index (χ2n) is 4.76. The number of aromatic carboxylic acids is 1. The highest BCUT2D eigenvalue weighted by Crippen LogP contribution is 2.15. The van der Waals surface area contributed by atoms with E-state index >= 15 is 0 Å². The predicted octanol–water partition coefficient (Wildman–Crippen LogP) is 1.68. The van der Waals surface area contributed by atoms with E-state index in [9.17, 15) is 4.79 Å². The Hall–Kier alpha value is -1.62. The number of nitrogens with zero attached hydrogens (tertiary/aromatic N) is 2. The molecular formula is C13H19N3O2. The third-order valence-corrected chi connectivity index (χ3v) is 3.14. The Labute approximate surface area is 107 Å². The van der Waals surface area contributed by atoms with Crippen molar-refractivity contribution in [3.05, 3.63) is 24.0 Å². The summed E-state index contributed by atoms with van der Waals surface area (Å²) < 4.78 is 0. The second-order valence-corrected chi connectivity index (χ2v) is 4.76. The highest BCUT2D eigenvalue weighted by atomic mass is 16.4. The van der Waals surface area contributed by atoms with Crippen LogP contribution >= 0.6 is 0 Å². The van der Waals surface area contributed by atoms with Gasteiger partial charge in [-0.2, -0.15) is 0 Å². The summed E-state index contributed by atoms with van der Waals surface area (Å²) in [5.41, 5.74) is 0.683. The van der Waals surface area contributed by atoms with Crippen LogP contribution in [0.4, 0.5) is 5.69 Å². The molecule has 5 heteroatoms. The van der Waals surface area contributed by atoms with Gasteiger partial charge in [0.15, 0.2) is 5.69 Å². The number of anilines is 1. The molecular weight excluding hydrogens is 230 g/mol. The van der Waals surface area contributed by atoms with Crippen LogP contribution in [0.2, 0.25) is 0 Å². The van der Waals surface area contributed by atoms with E-state index in [1.165, 1.54) is 19.0 Å². The van der Waals surface area contributed by atoms with Crippen LogP contribution in [0.1, 0.15) is 30.3 Å². The van der Waals surface area contributed by atoms with E-state index in [2.05, 4.69) is 22.1 Å². The zero-order valence-corrected chi connectivity index (χ0v) is 10.6. The van der Waals surface area contributed by atoms with Crippen molar-refractivity contribution in [2.75, 3.05) is 25.0 Å². The second kappa shape index (κ2) is 5.82. The molecule has 0 saturated carbocycles. The van der Waals surface area contributed by atoms with Crippen molar-refractivity contribution in [1.82, 2.24) is 9.88 Å². The quantitative estimate of drug-likeness (QED) is 0.831. The van der Waals surface area contributed by atoms with Crippen LogP contribution in [0.15, 0.2) is 18.3 Å². The third-order valence-electron chi connectivity index (χ3n) is 3.14. The molecule has 2 rings (SSSR count). The third kappa shape index (κ3) is 3.20. The van der Waals surface area contributed by atoms with Crippen molar-refractivity contribution in [1.29, 1.82) is 0 Å². The van der Waals surface area contributed by atoms with Crippen molar-refractivity contribution in [2.24, 2.45) is 0 Å². The molecule has 0 spiro atoms. The number of hydrogen-bond donors (Lipinski definition) is 2. The number of rotatable bonds is 5. The van der Waals surface area contributed by atoms with Gasteiger partial charge in [0.25, 0.3) is 0 Å². The Balaban J connectivity index is 1.97. The maximum atomic E-state index is 11.0. The maximum Gasteiger partial charge on any atom is 0.356 e. The predicted molar refractivity (Wildman–Crippen MR) is 70.0 cm³/mol. The topological polar surface area (TPSA) is 65.5 Å². The number of likely N-dealkylation sites (tertiary alicyclic amines) is 1. The molecule has 1 aliphatic heterocycles. The van der Waals surface area contributed by atoms with E-state index in [0.717, 1.165) is 19.6 Å². The van der Waals surface area contributed by atoms with E-state index in [4.69, 9.17) is 5.11 Å². The highest BCUT2D eigenvalue weighted by molar-refractivity contribution is 5.91. The zero-order valence-electron chi connectivity index (χ0n) is 10.6. The van der Waals surface area contributed by atoms with Gasteiger partial charge >= 0.3 is 5.97 Å².